The van der Waals surface area contributed by atoms with Gasteiger partial charge in [-0.1, -0.05) is 25.9 Å². The van der Waals surface area contributed by atoms with Crippen LogP contribution in [0.15, 0.2) is 5.16 Å². The number of oxime groups is 1. The number of carbonyl (C=O) groups excluding carboxylic acids is 1. The molecule has 0 spiro atoms. The van der Waals surface area contributed by atoms with E-state index in [1.807, 2.05) is 26.3 Å². The first-order valence-corrected chi connectivity index (χ1v) is 6.79. The molecule has 1 atom stereocenters. The van der Waals surface area contributed by atoms with Gasteiger partial charge in [0.25, 0.3) is 5.91 Å². The molecule has 7 nitrogen and oxygen atoms in total. The number of carbonyl (C=O) groups is 1. The van der Waals surface area contributed by atoms with Crippen LogP contribution in [0.3, 0.4) is 0 Å². The second-order valence-electron chi connectivity index (χ2n) is 6.95. The van der Waals surface area contributed by atoms with E-state index in [2.05, 4.69) is 10.5 Å². The Labute approximate surface area is 126 Å². The molecule has 0 aliphatic heterocycles. The largest absolute Gasteiger partial charge is 0.390 e. The Morgan fingerprint density at radius 3 is 1.95 bits per heavy atom. The molecule has 0 aromatic heterocycles. The van der Waals surface area contributed by atoms with E-state index in [1.54, 1.807) is 20.8 Å². The lowest BCUT2D eigenvalue weighted by molar-refractivity contribution is -0.125. The first-order chi connectivity index (χ1) is 9.32. The van der Waals surface area contributed by atoms with E-state index in [0.717, 1.165) is 0 Å². The summed E-state index contributed by atoms with van der Waals surface area (Å²) in [6, 6.07) is 0. The van der Waals surface area contributed by atoms with Gasteiger partial charge in [-0.3, -0.25) is 4.79 Å². The van der Waals surface area contributed by atoms with Crippen LogP contribution >= 0.6 is 0 Å². The van der Waals surface area contributed by atoms with E-state index >= 15 is 0 Å². The highest BCUT2D eigenvalue weighted by molar-refractivity contribution is 6.31. The summed E-state index contributed by atoms with van der Waals surface area (Å²) in [5, 5.41) is 24.3. The van der Waals surface area contributed by atoms with E-state index in [4.69, 9.17) is 10.2 Å². The maximum Gasteiger partial charge on any atom is 0.254 e. The van der Waals surface area contributed by atoms with Crippen molar-refractivity contribution in [2.45, 2.75) is 59.6 Å². The molecule has 0 fully saturated rings. The van der Waals surface area contributed by atoms with Crippen LogP contribution in [0.4, 0.5) is 0 Å². The van der Waals surface area contributed by atoms with Gasteiger partial charge in [0, 0.05) is 12.5 Å². The Morgan fingerprint density at radius 2 is 1.67 bits per heavy atom. The normalized spacial score (nSPS) is 16.1. The molecule has 0 aliphatic rings. The number of likely N-dealkylation sites (N-methyl/N-ethyl adjacent to an activating group) is 1. The fraction of sp³-hybridized carbons (Fsp3) is 0.786. The summed E-state index contributed by atoms with van der Waals surface area (Å²) in [5.41, 5.74) is -0.869. The summed E-state index contributed by atoms with van der Waals surface area (Å²) in [7, 11) is 1.43. The van der Waals surface area contributed by atoms with E-state index in [1.165, 1.54) is 14.0 Å². The number of nitrogens with one attached hydrogen (secondary N) is 3. The number of rotatable bonds is 5. The molecule has 0 aromatic rings. The lowest BCUT2D eigenvalue weighted by atomic mass is 9.75. The predicted octanol–water partition coefficient (Wildman–Crippen LogP) is 1.71. The molecule has 0 saturated carbocycles. The van der Waals surface area contributed by atoms with Crippen LogP contribution < -0.4 is 10.8 Å². The van der Waals surface area contributed by atoms with Crippen molar-refractivity contribution in [1.82, 2.24) is 10.8 Å². The summed E-state index contributed by atoms with van der Waals surface area (Å²) in [4.78, 5) is 17.6. The molecule has 4 N–H and O–H groups in total. The highest BCUT2D eigenvalue weighted by Gasteiger charge is 2.49. The number of hydrogen-bond donors (Lipinski definition) is 4. The van der Waals surface area contributed by atoms with Gasteiger partial charge in [0.15, 0.2) is 5.54 Å². The number of hydrogen-bond acceptors (Lipinski definition) is 6. The number of hydroxylamine groups is 1. The van der Waals surface area contributed by atoms with Crippen LogP contribution in [-0.4, -0.2) is 40.7 Å². The van der Waals surface area contributed by atoms with Crippen molar-refractivity contribution >= 4 is 17.3 Å². The topological polar surface area (TPSA) is 107 Å². The lowest BCUT2D eigenvalue weighted by Gasteiger charge is -2.36. The van der Waals surface area contributed by atoms with Gasteiger partial charge in [-0.2, -0.15) is 5.48 Å². The van der Waals surface area contributed by atoms with Crippen molar-refractivity contribution in [2.75, 3.05) is 7.05 Å². The van der Waals surface area contributed by atoms with Crippen molar-refractivity contribution in [3.8, 4) is 0 Å². The molecule has 0 aliphatic carbocycles. The first kappa shape index (κ1) is 19.5. The van der Waals surface area contributed by atoms with Crippen LogP contribution in [0.2, 0.25) is 0 Å². The van der Waals surface area contributed by atoms with E-state index in [9.17, 15) is 10.0 Å². The zero-order valence-electron chi connectivity index (χ0n) is 14.2. The Kier molecular flexibility index (Phi) is 6.07. The third-order valence-electron chi connectivity index (χ3n) is 2.86. The van der Waals surface area contributed by atoms with Gasteiger partial charge in [-0.25, -0.2) is 0 Å². The average molecular weight is 300 g/mol. The highest BCUT2D eigenvalue weighted by Crippen LogP contribution is 2.25. The maximum atomic E-state index is 12.3. The minimum absolute atomic E-state index is 0.0180. The van der Waals surface area contributed by atoms with Crippen molar-refractivity contribution < 1.29 is 14.8 Å². The fourth-order valence-corrected chi connectivity index (χ4v) is 1.67. The van der Waals surface area contributed by atoms with Gasteiger partial charge in [0.2, 0.25) is 0 Å². The maximum absolute atomic E-state index is 12.3. The molecule has 0 aromatic carbocycles. The molecule has 0 heterocycles. The summed E-state index contributed by atoms with van der Waals surface area (Å²) in [6.07, 6.45) is 0. The third-order valence-corrected chi connectivity index (χ3v) is 2.86. The van der Waals surface area contributed by atoms with E-state index in [-0.39, 0.29) is 11.4 Å². The zero-order valence-corrected chi connectivity index (χ0v) is 14.2. The smallest absolute Gasteiger partial charge is 0.254 e. The fourth-order valence-electron chi connectivity index (χ4n) is 1.67. The summed E-state index contributed by atoms with van der Waals surface area (Å²) < 4.78 is 0. The zero-order chi connectivity index (χ0) is 17.1. The van der Waals surface area contributed by atoms with Crippen molar-refractivity contribution in [2.24, 2.45) is 10.6 Å². The van der Waals surface area contributed by atoms with Crippen LogP contribution in [0.1, 0.15) is 48.5 Å². The van der Waals surface area contributed by atoms with Gasteiger partial charge in [0.05, 0.1) is 11.4 Å². The Morgan fingerprint density at radius 1 is 1.19 bits per heavy atom. The number of nitrogens with zero attached hydrogens (tertiary/aromatic N) is 1. The SMILES string of the molecule is CNC(=O)C(NO)(C(=N)C(C)(C)C)C(C)=NOC(C)(C)C. The van der Waals surface area contributed by atoms with Crippen molar-refractivity contribution in [3.05, 3.63) is 0 Å². The standard InChI is InChI=1S/C14H28N4O3/c1-9(17-21-13(5,6)7)14(18-20,11(19)16-8)10(15)12(2,3)4/h15,18,20H,1-8H3,(H,16,19). The molecule has 122 valence electrons. The van der Waals surface area contributed by atoms with Gasteiger partial charge in [0.1, 0.15) is 5.60 Å². The van der Waals surface area contributed by atoms with Crippen molar-refractivity contribution in [1.29, 1.82) is 5.41 Å². The molecule has 1 amide bonds. The lowest BCUT2D eigenvalue weighted by Crippen LogP contribution is -2.67. The Hall–Kier alpha value is -1.47. The molecule has 1 unspecified atom stereocenters. The molecule has 0 saturated heterocycles. The summed E-state index contributed by atoms with van der Waals surface area (Å²) in [6.45, 7) is 12.3. The van der Waals surface area contributed by atoms with Crippen LogP contribution in [-0.2, 0) is 9.63 Å². The highest BCUT2D eigenvalue weighted by atomic mass is 16.6. The molecule has 0 radical (unpaired) electrons. The van der Waals surface area contributed by atoms with Crippen molar-refractivity contribution in [3.63, 3.8) is 0 Å². The Bertz CT molecular complexity index is 432. The molecule has 7 heteroatoms. The average Bonchev–Trinajstić information content (AvgIpc) is 2.35. The Balaban J connectivity index is 5.94. The summed E-state index contributed by atoms with van der Waals surface area (Å²) in [5.74, 6) is -0.580. The molecule has 21 heavy (non-hydrogen) atoms. The quantitative estimate of drug-likeness (QED) is 0.458. The monoisotopic (exact) mass is 300 g/mol. The second-order valence-corrected chi connectivity index (χ2v) is 6.95. The molecular weight excluding hydrogens is 272 g/mol. The first-order valence-electron chi connectivity index (χ1n) is 6.79. The van der Waals surface area contributed by atoms with E-state index < -0.39 is 22.5 Å². The summed E-state index contributed by atoms with van der Waals surface area (Å²) >= 11 is 0. The van der Waals surface area contributed by atoms with E-state index in [0.29, 0.717) is 0 Å². The van der Waals surface area contributed by atoms with Gasteiger partial charge in [-0.15, -0.1) is 0 Å². The van der Waals surface area contributed by atoms with Crippen LogP contribution in [0, 0.1) is 10.8 Å². The van der Waals surface area contributed by atoms with Crippen LogP contribution in [0.5, 0.6) is 0 Å². The number of amides is 1. The molecule has 0 rings (SSSR count). The van der Waals surface area contributed by atoms with Crippen LogP contribution in [0.25, 0.3) is 0 Å². The third kappa shape index (κ3) is 4.50. The van der Waals surface area contributed by atoms with Gasteiger partial charge >= 0.3 is 0 Å². The second kappa shape index (κ2) is 6.53. The molecule has 0 bridgehead atoms. The molecular formula is C14H28N4O3. The van der Waals surface area contributed by atoms with Gasteiger partial charge in [-0.05, 0) is 27.7 Å². The minimum Gasteiger partial charge on any atom is -0.390 e. The predicted molar refractivity (Wildman–Crippen MR) is 82.8 cm³/mol. The van der Waals surface area contributed by atoms with Gasteiger partial charge < -0.3 is 20.8 Å². The minimum atomic E-state index is -1.77.